The largest absolute Gasteiger partial charge is 0.573 e. The van der Waals surface area contributed by atoms with E-state index in [4.69, 9.17) is 0 Å². The predicted octanol–water partition coefficient (Wildman–Crippen LogP) is 1.35. The fourth-order valence-corrected chi connectivity index (χ4v) is 1.66. The van der Waals surface area contributed by atoms with Gasteiger partial charge in [0.1, 0.15) is 11.8 Å². The van der Waals surface area contributed by atoms with Gasteiger partial charge in [0.25, 0.3) is 0 Å². The van der Waals surface area contributed by atoms with Crippen molar-refractivity contribution in [1.29, 1.82) is 0 Å². The minimum absolute atomic E-state index is 0.211. The first-order valence-corrected chi connectivity index (χ1v) is 5.66. The zero-order valence-corrected chi connectivity index (χ0v) is 10.2. The average molecular weight is 288 g/mol. The number of hydrogen-bond acceptors (Lipinski definition) is 5. The molecule has 1 aromatic heterocycles. The molecule has 20 heavy (non-hydrogen) atoms. The Balaban J connectivity index is 2.03. The van der Waals surface area contributed by atoms with Gasteiger partial charge in [0.2, 0.25) is 0 Å². The van der Waals surface area contributed by atoms with Crippen LogP contribution in [0.3, 0.4) is 0 Å². The van der Waals surface area contributed by atoms with E-state index in [-0.39, 0.29) is 12.4 Å². The molecule has 1 heterocycles. The quantitative estimate of drug-likeness (QED) is 0.899. The van der Waals surface area contributed by atoms with Crippen LogP contribution in [0.5, 0.6) is 5.75 Å². The Kier molecular flexibility index (Phi) is 4.18. The molecular weight excluding hydrogens is 277 g/mol. The molecule has 0 aliphatic heterocycles. The molecule has 0 radical (unpaired) electrons. The van der Waals surface area contributed by atoms with Crippen LogP contribution in [-0.2, 0) is 6.42 Å². The lowest BCUT2D eigenvalue weighted by Crippen LogP contribution is -2.19. The summed E-state index contributed by atoms with van der Waals surface area (Å²) in [7, 11) is 0. The molecule has 1 aromatic carbocycles. The first-order chi connectivity index (χ1) is 9.48. The van der Waals surface area contributed by atoms with Crippen molar-refractivity contribution in [1.82, 2.24) is 20.2 Å². The van der Waals surface area contributed by atoms with E-state index in [0.29, 0.717) is 6.42 Å². The van der Waals surface area contributed by atoms with E-state index in [1.165, 1.54) is 35.4 Å². The molecule has 0 fully saturated rings. The zero-order chi connectivity index (χ0) is 14.6. The molecule has 0 amide bonds. The van der Waals surface area contributed by atoms with E-state index in [0.717, 1.165) is 5.56 Å². The summed E-state index contributed by atoms with van der Waals surface area (Å²) in [6.45, 7) is -0.211. The number of hydrogen-bond donors (Lipinski definition) is 1. The molecule has 2 rings (SSSR count). The second-order valence-corrected chi connectivity index (χ2v) is 3.99. The van der Waals surface area contributed by atoms with Crippen LogP contribution in [0.1, 0.15) is 11.6 Å². The van der Waals surface area contributed by atoms with Crippen LogP contribution in [0, 0.1) is 0 Å². The topological polar surface area (TPSA) is 73.1 Å². The van der Waals surface area contributed by atoms with Gasteiger partial charge in [0.05, 0.1) is 6.61 Å². The lowest BCUT2D eigenvalue weighted by Gasteiger charge is -2.13. The SMILES string of the molecule is OCC(Cc1ccc(OC(F)(F)F)cc1)n1ncnn1. The van der Waals surface area contributed by atoms with E-state index in [9.17, 15) is 18.3 Å². The van der Waals surface area contributed by atoms with Gasteiger partial charge in [-0.15, -0.1) is 23.4 Å². The molecule has 2 aromatic rings. The Hall–Kier alpha value is -2.16. The third kappa shape index (κ3) is 3.92. The van der Waals surface area contributed by atoms with Crippen LogP contribution in [0.4, 0.5) is 13.2 Å². The molecule has 0 saturated carbocycles. The number of aliphatic hydroxyl groups excluding tert-OH is 1. The average Bonchev–Trinajstić information content (AvgIpc) is 2.90. The van der Waals surface area contributed by atoms with Gasteiger partial charge in [0.15, 0.2) is 6.33 Å². The molecular formula is C11H11F3N4O2. The zero-order valence-electron chi connectivity index (χ0n) is 10.2. The van der Waals surface area contributed by atoms with E-state index in [1.807, 2.05) is 0 Å². The monoisotopic (exact) mass is 288 g/mol. The minimum atomic E-state index is -4.71. The molecule has 108 valence electrons. The third-order valence-electron chi connectivity index (χ3n) is 2.53. The minimum Gasteiger partial charge on any atom is -0.406 e. The Bertz CT molecular complexity index is 528. The molecule has 1 N–H and O–H groups in total. The van der Waals surface area contributed by atoms with Crippen molar-refractivity contribution >= 4 is 0 Å². The Morgan fingerprint density at radius 1 is 1.25 bits per heavy atom. The van der Waals surface area contributed by atoms with Crippen LogP contribution in [0.15, 0.2) is 30.6 Å². The normalized spacial score (nSPS) is 13.2. The van der Waals surface area contributed by atoms with E-state index in [1.54, 1.807) is 0 Å². The van der Waals surface area contributed by atoms with Gasteiger partial charge in [-0.25, -0.2) is 0 Å². The van der Waals surface area contributed by atoms with Gasteiger partial charge in [-0.2, -0.15) is 4.80 Å². The van der Waals surface area contributed by atoms with Crippen LogP contribution in [0.25, 0.3) is 0 Å². The molecule has 1 atom stereocenters. The van der Waals surface area contributed by atoms with Crippen molar-refractivity contribution in [2.75, 3.05) is 6.61 Å². The van der Waals surface area contributed by atoms with Gasteiger partial charge in [-0.05, 0) is 29.3 Å². The molecule has 0 spiro atoms. The predicted molar refractivity (Wildman–Crippen MR) is 60.8 cm³/mol. The number of tetrazole rings is 1. The second-order valence-electron chi connectivity index (χ2n) is 3.99. The summed E-state index contributed by atoms with van der Waals surface area (Å²) in [4.78, 5) is 1.25. The highest BCUT2D eigenvalue weighted by atomic mass is 19.4. The summed E-state index contributed by atoms with van der Waals surface area (Å²) in [5.41, 5.74) is 0.718. The van der Waals surface area contributed by atoms with Crippen molar-refractivity contribution in [2.45, 2.75) is 18.8 Å². The molecule has 6 nitrogen and oxygen atoms in total. The summed E-state index contributed by atoms with van der Waals surface area (Å²) < 4.78 is 39.8. The van der Waals surface area contributed by atoms with E-state index < -0.39 is 12.4 Å². The first kappa shape index (κ1) is 14.3. The standard InChI is InChI=1S/C11H11F3N4O2/c12-11(13,14)20-10-3-1-8(2-4-10)5-9(6-19)18-16-7-15-17-18/h1-4,7,9,19H,5-6H2. The fourth-order valence-electron chi connectivity index (χ4n) is 1.66. The van der Waals surface area contributed by atoms with Crippen molar-refractivity contribution in [3.8, 4) is 5.75 Å². The summed E-state index contributed by atoms with van der Waals surface area (Å²) in [6.07, 6.45) is -3.11. The smallest absolute Gasteiger partial charge is 0.406 e. The third-order valence-corrected chi connectivity index (χ3v) is 2.53. The van der Waals surface area contributed by atoms with Crippen LogP contribution < -0.4 is 4.74 Å². The fraction of sp³-hybridized carbons (Fsp3) is 0.364. The summed E-state index contributed by atoms with van der Waals surface area (Å²) in [5.74, 6) is -0.291. The highest BCUT2D eigenvalue weighted by Gasteiger charge is 2.30. The first-order valence-electron chi connectivity index (χ1n) is 5.66. The lowest BCUT2D eigenvalue weighted by atomic mass is 10.1. The Labute approximate surface area is 111 Å². The highest BCUT2D eigenvalue weighted by Crippen LogP contribution is 2.23. The van der Waals surface area contributed by atoms with Gasteiger partial charge < -0.3 is 9.84 Å². The molecule has 9 heteroatoms. The van der Waals surface area contributed by atoms with Crippen LogP contribution in [0.2, 0.25) is 0 Å². The highest BCUT2D eigenvalue weighted by molar-refractivity contribution is 5.27. The van der Waals surface area contributed by atoms with Crippen LogP contribution in [-0.4, -0.2) is 38.3 Å². The van der Waals surface area contributed by atoms with Gasteiger partial charge in [-0.1, -0.05) is 12.1 Å². The molecule has 1 unspecified atom stereocenters. The number of ether oxygens (including phenoxy) is 1. The maximum Gasteiger partial charge on any atom is 0.573 e. The molecule has 0 bridgehead atoms. The Morgan fingerprint density at radius 2 is 1.95 bits per heavy atom. The number of benzene rings is 1. The number of aliphatic hydroxyl groups is 1. The van der Waals surface area contributed by atoms with Gasteiger partial charge >= 0.3 is 6.36 Å². The van der Waals surface area contributed by atoms with Crippen molar-refractivity contribution in [3.05, 3.63) is 36.2 Å². The van der Waals surface area contributed by atoms with E-state index in [2.05, 4.69) is 20.1 Å². The lowest BCUT2D eigenvalue weighted by molar-refractivity contribution is -0.274. The number of halogens is 3. The van der Waals surface area contributed by atoms with Gasteiger partial charge in [-0.3, -0.25) is 0 Å². The van der Waals surface area contributed by atoms with E-state index >= 15 is 0 Å². The number of rotatable bonds is 5. The van der Waals surface area contributed by atoms with Crippen molar-refractivity contribution in [3.63, 3.8) is 0 Å². The van der Waals surface area contributed by atoms with Crippen LogP contribution >= 0.6 is 0 Å². The Morgan fingerprint density at radius 3 is 2.45 bits per heavy atom. The molecule has 0 saturated heterocycles. The summed E-state index contributed by atoms with van der Waals surface area (Å²) in [5, 5.41) is 20.3. The van der Waals surface area contributed by atoms with Crippen molar-refractivity contribution < 1.29 is 23.0 Å². The van der Waals surface area contributed by atoms with Crippen molar-refractivity contribution in [2.24, 2.45) is 0 Å². The summed E-state index contributed by atoms with van der Waals surface area (Å²) in [6, 6.07) is 4.98. The maximum absolute atomic E-state index is 12.0. The molecule has 0 aliphatic carbocycles. The van der Waals surface area contributed by atoms with Gasteiger partial charge in [0, 0.05) is 0 Å². The maximum atomic E-state index is 12.0. The second kappa shape index (κ2) is 5.87. The summed E-state index contributed by atoms with van der Waals surface area (Å²) >= 11 is 0. The number of nitrogens with zero attached hydrogens (tertiary/aromatic N) is 4. The number of alkyl halides is 3. The molecule has 0 aliphatic rings. The number of aromatic nitrogens is 4.